The van der Waals surface area contributed by atoms with Crippen molar-refractivity contribution in [3.63, 3.8) is 0 Å². The van der Waals surface area contributed by atoms with Gasteiger partial charge in [0.15, 0.2) is 0 Å². The number of piperazine rings is 1. The zero-order valence-electron chi connectivity index (χ0n) is 17.1. The highest BCUT2D eigenvalue weighted by atomic mass is 16.2. The van der Waals surface area contributed by atoms with Crippen molar-refractivity contribution < 1.29 is 14.4 Å². The van der Waals surface area contributed by atoms with Crippen LogP contribution >= 0.6 is 0 Å². The minimum Gasteiger partial charge on any atom is -0.343 e. The minimum absolute atomic E-state index is 0.0384. The summed E-state index contributed by atoms with van der Waals surface area (Å²) in [5, 5.41) is 2.66. The normalized spacial score (nSPS) is 13.7. The average Bonchev–Trinajstić information content (AvgIpc) is 3.38. The van der Waals surface area contributed by atoms with Gasteiger partial charge in [-0.05, 0) is 48.5 Å². The fourth-order valence-electron chi connectivity index (χ4n) is 3.58. The maximum atomic E-state index is 12.8. The Morgan fingerprint density at radius 1 is 0.710 bits per heavy atom. The molecule has 1 aliphatic rings. The third-order valence-corrected chi connectivity index (χ3v) is 5.37. The molecule has 1 fully saturated rings. The monoisotopic (exact) mass is 416 g/mol. The molecule has 1 aliphatic heterocycles. The van der Waals surface area contributed by atoms with Gasteiger partial charge in [0.05, 0.1) is 6.54 Å². The Morgan fingerprint density at radius 3 is 1.97 bits per heavy atom. The summed E-state index contributed by atoms with van der Waals surface area (Å²) < 4.78 is 1.98. The Hall–Kier alpha value is -3.87. The fraction of sp³-hybridized carbons (Fsp3) is 0.208. The van der Waals surface area contributed by atoms with Gasteiger partial charge < -0.3 is 19.7 Å². The first-order chi connectivity index (χ1) is 15.1. The van der Waals surface area contributed by atoms with E-state index < -0.39 is 0 Å². The van der Waals surface area contributed by atoms with Crippen LogP contribution in [0.25, 0.3) is 5.69 Å². The zero-order chi connectivity index (χ0) is 21.6. The molecule has 0 saturated carbocycles. The van der Waals surface area contributed by atoms with E-state index >= 15 is 0 Å². The van der Waals surface area contributed by atoms with Gasteiger partial charge in [-0.1, -0.05) is 18.2 Å². The topological polar surface area (TPSA) is 74.7 Å². The number of aromatic nitrogens is 1. The highest BCUT2D eigenvalue weighted by Crippen LogP contribution is 2.13. The molecule has 0 bridgehead atoms. The molecule has 7 nitrogen and oxygen atoms in total. The summed E-state index contributed by atoms with van der Waals surface area (Å²) in [5.41, 5.74) is 2.15. The third-order valence-electron chi connectivity index (χ3n) is 5.37. The van der Waals surface area contributed by atoms with Crippen LogP contribution in [0.4, 0.5) is 0 Å². The second-order valence-electron chi connectivity index (χ2n) is 7.36. The lowest BCUT2D eigenvalue weighted by Crippen LogP contribution is -2.52. The zero-order valence-corrected chi connectivity index (χ0v) is 17.1. The van der Waals surface area contributed by atoms with Gasteiger partial charge in [-0.2, -0.15) is 0 Å². The average molecular weight is 416 g/mol. The lowest BCUT2D eigenvalue weighted by Gasteiger charge is -2.35. The second kappa shape index (κ2) is 9.30. The molecule has 0 radical (unpaired) electrons. The molecule has 1 saturated heterocycles. The summed E-state index contributed by atoms with van der Waals surface area (Å²) in [7, 11) is 0. The van der Waals surface area contributed by atoms with Crippen LogP contribution in [0.1, 0.15) is 20.7 Å². The minimum atomic E-state index is -0.272. The van der Waals surface area contributed by atoms with E-state index in [1.807, 2.05) is 59.4 Å². The Kier molecular flexibility index (Phi) is 6.12. The summed E-state index contributed by atoms with van der Waals surface area (Å²) in [6.45, 7) is 1.79. The molecule has 0 atom stereocenters. The quantitative estimate of drug-likeness (QED) is 0.693. The summed E-state index contributed by atoms with van der Waals surface area (Å²) in [4.78, 5) is 40.8. The third kappa shape index (κ3) is 4.83. The maximum absolute atomic E-state index is 12.8. The maximum Gasteiger partial charge on any atom is 0.253 e. The van der Waals surface area contributed by atoms with Gasteiger partial charge in [0, 0.05) is 55.4 Å². The highest BCUT2D eigenvalue weighted by molar-refractivity contribution is 5.96. The van der Waals surface area contributed by atoms with Crippen molar-refractivity contribution >= 4 is 17.7 Å². The van der Waals surface area contributed by atoms with Gasteiger partial charge in [0.25, 0.3) is 11.8 Å². The van der Waals surface area contributed by atoms with Crippen LogP contribution in [-0.4, -0.2) is 64.8 Å². The molecule has 0 unspecified atom stereocenters. The Labute approximate surface area is 180 Å². The molecule has 31 heavy (non-hydrogen) atoms. The van der Waals surface area contributed by atoms with Gasteiger partial charge in [-0.25, -0.2) is 0 Å². The predicted molar refractivity (Wildman–Crippen MR) is 117 cm³/mol. The molecule has 1 N–H and O–H groups in total. The van der Waals surface area contributed by atoms with E-state index in [4.69, 9.17) is 0 Å². The fourth-order valence-corrected chi connectivity index (χ4v) is 3.58. The molecular weight excluding hydrogens is 392 g/mol. The number of rotatable bonds is 5. The first-order valence-corrected chi connectivity index (χ1v) is 10.3. The van der Waals surface area contributed by atoms with Crippen LogP contribution in [0.15, 0.2) is 79.1 Å². The van der Waals surface area contributed by atoms with E-state index in [2.05, 4.69) is 5.32 Å². The number of carbonyl (C=O) groups excluding carboxylic acids is 3. The largest absolute Gasteiger partial charge is 0.343 e. The lowest BCUT2D eigenvalue weighted by atomic mass is 10.1. The number of nitrogens with one attached hydrogen (secondary N) is 1. The summed E-state index contributed by atoms with van der Waals surface area (Å²) in [6.07, 6.45) is 3.91. The predicted octanol–water partition coefficient (Wildman–Crippen LogP) is 2.19. The second-order valence-corrected chi connectivity index (χ2v) is 7.36. The molecule has 158 valence electrons. The number of nitrogens with zero attached hydrogens (tertiary/aromatic N) is 3. The van der Waals surface area contributed by atoms with Gasteiger partial charge in [-0.3, -0.25) is 14.4 Å². The molecule has 2 heterocycles. The van der Waals surface area contributed by atoms with Crippen LogP contribution in [0.2, 0.25) is 0 Å². The molecule has 4 rings (SSSR count). The number of carbonyl (C=O) groups is 3. The van der Waals surface area contributed by atoms with Crippen LogP contribution in [0.5, 0.6) is 0 Å². The smallest absolute Gasteiger partial charge is 0.253 e. The molecule has 0 aliphatic carbocycles. The van der Waals surface area contributed by atoms with Crippen molar-refractivity contribution in [3.8, 4) is 5.69 Å². The van der Waals surface area contributed by atoms with Crippen LogP contribution in [-0.2, 0) is 4.79 Å². The lowest BCUT2D eigenvalue weighted by molar-refractivity contribution is -0.131. The van der Waals surface area contributed by atoms with E-state index in [0.29, 0.717) is 37.3 Å². The molecule has 2 aromatic carbocycles. The molecule has 0 spiro atoms. The Balaban J connectivity index is 1.26. The van der Waals surface area contributed by atoms with Crippen LogP contribution in [0.3, 0.4) is 0 Å². The van der Waals surface area contributed by atoms with E-state index in [9.17, 15) is 14.4 Å². The Morgan fingerprint density at radius 2 is 1.32 bits per heavy atom. The first kappa shape index (κ1) is 20.4. The van der Waals surface area contributed by atoms with Crippen molar-refractivity contribution in [2.75, 3.05) is 32.7 Å². The SMILES string of the molecule is O=C(NCC(=O)N1CCN(C(=O)c2ccc(-n3cccc3)cc2)CC1)c1ccccc1. The summed E-state index contributed by atoms with van der Waals surface area (Å²) in [6, 6.07) is 20.2. The van der Waals surface area contributed by atoms with E-state index in [1.54, 1.807) is 34.1 Å². The Bertz CT molecular complexity index is 1040. The highest BCUT2D eigenvalue weighted by Gasteiger charge is 2.25. The first-order valence-electron chi connectivity index (χ1n) is 10.3. The van der Waals surface area contributed by atoms with E-state index in [-0.39, 0.29) is 24.3 Å². The van der Waals surface area contributed by atoms with E-state index in [1.165, 1.54) is 0 Å². The van der Waals surface area contributed by atoms with Gasteiger partial charge in [-0.15, -0.1) is 0 Å². The van der Waals surface area contributed by atoms with Crippen molar-refractivity contribution in [2.45, 2.75) is 0 Å². The molecule has 1 aromatic heterocycles. The number of benzene rings is 2. The van der Waals surface area contributed by atoms with Crippen LogP contribution < -0.4 is 5.32 Å². The van der Waals surface area contributed by atoms with Crippen molar-refractivity contribution in [1.29, 1.82) is 0 Å². The molecule has 3 aromatic rings. The molecule has 3 amide bonds. The van der Waals surface area contributed by atoms with Gasteiger partial charge in [0.1, 0.15) is 0 Å². The summed E-state index contributed by atoms with van der Waals surface area (Å²) in [5.74, 6) is -0.456. The number of hydrogen-bond donors (Lipinski definition) is 1. The van der Waals surface area contributed by atoms with Crippen molar-refractivity contribution in [3.05, 3.63) is 90.3 Å². The van der Waals surface area contributed by atoms with E-state index in [0.717, 1.165) is 5.69 Å². The number of hydrogen-bond acceptors (Lipinski definition) is 3. The van der Waals surface area contributed by atoms with Crippen LogP contribution in [0, 0.1) is 0 Å². The summed E-state index contributed by atoms with van der Waals surface area (Å²) >= 11 is 0. The molecular formula is C24H24N4O3. The number of amides is 3. The van der Waals surface area contributed by atoms with Gasteiger partial charge in [0.2, 0.25) is 5.91 Å². The molecule has 7 heteroatoms. The van der Waals surface area contributed by atoms with Crippen molar-refractivity contribution in [2.24, 2.45) is 0 Å². The van der Waals surface area contributed by atoms with Gasteiger partial charge >= 0.3 is 0 Å². The standard InChI is InChI=1S/C24H24N4O3/c29-22(18-25-23(30)19-6-2-1-3-7-19)27-14-16-28(17-15-27)24(31)20-8-10-21(11-9-20)26-12-4-5-13-26/h1-13H,14-18H2,(H,25,30). The van der Waals surface area contributed by atoms with Crippen molar-refractivity contribution in [1.82, 2.24) is 19.7 Å².